The fourth-order valence-corrected chi connectivity index (χ4v) is 3.07. The lowest BCUT2D eigenvalue weighted by molar-refractivity contribution is -0.00834. The van der Waals surface area contributed by atoms with Gasteiger partial charge in [0.1, 0.15) is 5.60 Å². The van der Waals surface area contributed by atoms with Crippen LogP contribution in [0.1, 0.15) is 54.4 Å². The Labute approximate surface area is 194 Å². The van der Waals surface area contributed by atoms with Gasteiger partial charge in [0.05, 0.1) is 13.2 Å². The second-order valence-electron chi connectivity index (χ2n) is 8.85. The molecule has 172 valence electrons. The molecule has 0 radical (unpaired) electrons. The van der Waals surface area contributed by atoms with Crippen LogP contribution < -0.4 is 16.0 Å². The minimum Gasteiger partial charge on any atom is -0.444 e. The zero-order valence-electron chi connectivity index (χ0n) is 19.3. The van der Waals surface area contributed by atoms with Crippen molar-refractivity contribution in [3.63, 3.8) is 0 Å². The summed E-state index contributed by atoms with van der Waals surface area (Å²) in [4.78, 5) is 18.8. The van der Waals surface area contributed by atoms with Gasteiger partial charge in [0, 0.05) is 44.8 Å². The molecule has 1 amide bonds. The number of carbonyl (C=O) groups excluding carboxylic acids is 1. The molecule has 0 bridgehead atoms. The molecule has 1 fully saturated rings. The number of hydrogen-bond acceptors (Lipinski definition) is 5. The van der Waals surface area contributed by atoms with Crippen LogP contribution >= 0.6 is 24.0 Å². The quantitative estimate of drug-likeness (QED) is 0.256. The summed E-state index contributed by atoms with van der Waals surface area (Å²) in [6.07, 6.45) is 1.45. The van der Waals surface area contributed by atoms with Crippen molar-refractivity contribution in [3.05, 3.63) is 0 Å². The molecule has 29 heavy (non-hydrogen) atoms. The van der Waals surface area contributed by atoms with Gasteiger partial charge in [-0.2, -0.15) is 0 Å². The number of amides is 1. The largest absolute Gasteiger partial charge is 0.444 e. The Kier molecular flexibility index (Phi) is 13.1. The number of ether oxygens (including phenoxy) is 2. The number of nitrogens with one attached hydrogen (secondary N) is 3. The smallest absolute Gasteiger partial charge is 0.407 e. The highest BCUT2D eigenvalue weighted by Crippen LogP contribution is 2.15. The van der Waals surface area contributed by atoms with E-state index in [-0.39, 0.29) is 41.7 Å². The van der Waals surface area contributed by atoms with Crippen LogP contribution in [0.25, 0.3) is 0 Å². The van der Waals surface area contributed by atoms with Crippen molar-refractivity contribution in [2.45, 2.75) is 71.6 Å². The Hall–Kier alpha value is -0.810. The Bertz CT molecular complexity index is 503. The number of rotatable bonds is 8. The first-order chi connectivity index (χ1) is 13.1. The van der Waals surface area contributed by atoms with Gasteiger partial charge in [-0.1, -0.05) is 13.3 Å². The predicted octanol–water partition coefficient (Wildman–Crippen LogP) is 2.57. The molecule has 8 nitrogen and oxygen atoms in total. The third-order valence-electron chi connectivity index (χ3n) is 4.65. The first-order valence-corrected chi connectivity index (χ1v) is 10.3. The lowest BCUT2D eigenvalue weighted by Crippen LogP contribution is -2.57. The minimum atomic E-state index is -0.503. The topological polar surface area (TPSA) is 87.2 Å². The van der Waals surface area contributed by atoms with E-state index in [4.69, 9.17) is 9.47 Å². The van der Waals surface area contributed by atoms with Gasteiger partial charge in [0.15, 0.2) is 5.96 Å². The molecule has 1 heterocycles. The van der Waals surface area contributed by atoms with Crippen LogP contribution in [0.2, 0.25) is 0 Å². The van der Waals surface area contributed by atoms with Crippen molar-refractivity contribution in [2.75, 3.05) is 46.4 Å². The SMILES string of the molecule is CCCC(CNC(=NC)NCC(C)(C)N1CCOCC1)NC(=O)OC(C)(C)C.I. The first kappa shape index (κ1) is 28.2. The van der Waals surface area contributed by atoms with Gasteiger partial charge < -0.3 is 25.4 Å². The maximum absolute atomic E-state index is 12.1. The molecule has 1 aliphatic rings. The molecule has 0 aromatic carbocycles. The summed E-state index contributed by atoms with van der Waals surface area (Å²) in [5.74, 6) is 0.730. The Morgan fingerprint density at radius 2 is 1.79 bits per heavy atom. The van der Waals surface area contributed by atoms with E-state index < -0.39 is 5.60 Å². The highest BCUT2D eigenvalue weighted by atomic mass is 127. The summed E-state index contributed by atoms with van der Waals surface area (Å²) >= 11 is 0. The van der Waals surface area contributed by atoms with E-state index in [1.54, 1.807) is 7.05 Å². The summed E-state index contributed by atoms with van der Waals surface area (Å²) in [7, 11) is 1.76. The van der Waals surface area contributed by atoms with Gasteiger partial charge in [-0.25, -0.2) is 4.79 Å². The summed E-state index contributed by atoms with van der Waals surface area (Å²) in [5.41, 5.74) is -0.504. The van der Waals surface area contributed by atoms with E-state index >= 15 is 0 Å². The van der Waals surface area contributed by atoms with Crippen LogP contribution in [0.4, 0.5) is 4.79 Å². The van der Waals surface area contributed by atoms with Crippen LogP contribution in [-0.4, -0.2) is 80.6 Å². The van der Waals surface area contributed by atoms with Gasteiger partial charge in [-0.3, -0.25) is 9.89 Å². The van der Waals surface area contributed by atoms with Crippen molar-refractivity contribution >= 4 is 36.0 Å². The molecule has 0 aliphatic carbocycles. The van der Waals surface area contributed by atoms with E-state index in [0.717, 1.165) is 51.6 Å². The number of guanidine groups is 1. The normalized spacial score (nSPS) is 17.1. The van der Waals surface area contributed by atoms with Gasteiger partial charge in [-0.05, 0) is 41.0 Å². The van der Waals surface area contributed by atoms with Gasteiger partial charge in [-0.15, -0.1) is 24.0 Å². The van der Waals surface area contributed by atoms with E-state index in [1.165, 1.54) is 0 Å². The molecule has 1 aliphatic heterocycles. The zero-order valence-corrected chi connectivity index (χ0v) is 21.6. The number of aliphatic imine (C=N–C) groups is 1. The molecular weight excluding hydrogens is 485 g/mol. The lowest BCUT2D eigenvalue weighted by Gasteiger charge is -2.41. The van der Waals surface area contributed by atoms with Gasteiger partial charge in [0.2, 0.25) is 0 Å². The Balaban J connectivity index is 0.00000784. The molecule has 3 N–H and O–H groups in total. The summed E-state index contributed by atoms with van der Waals surface area (Å²) in [6, 6.07) is -0.0225. The molecule has 1 saturated heterocycles. The van der Waals surface area contributed by atoms with Crippen LogP contribution in [-0.2, 0) is 9.47 Å². The van der Waals surface area contributed by atoms with Crippen molar-refractivity contribution in [3.8, 4) is 0 Å². The highest BCUT2D eigenvalue weighted by molar-refractivity contribution is 14.0. The Morgan fingerprint density at radius 1 is 1.17 bits per heavy atom. The van der Waals surface area contributed by atoms with Gasteiger partial charge >= 0.3 is 6.09 Å². The van der Waals surface area contributed by atoms with E-state index in [2.05, 4.69) is 46.6 Å². The monoisotopic (exact) mass is 527 g/mol. The van der Waals surface area contributed by atoms with Crippen LogP contribution in [0.3, 0.4) is 0 Å². The second kappa shape index (κ2) is 13.5. The van der Waals surface area contributed by atoms with Crippen LogP contribution in [0.15, 0.2) is 4.99 Å². The van der Waals surface area contributed by atoms with Crippen molar-refractivity contribution in [1.29, 1.82) is 0 Å². The number of alkyl carbamates (subject to hydrolysis) is 1. The molecule has 1 unspecified atom stereocenters. The third kappa shape index (κ3) is 11.8. The van der Waals surface area contributed by atoms with E-state index in [9.17, 15) is 4.79 Å². The number of halogens is 1. The molecule has 1 atom stereocenters. The lowest BCUT2D eigenvalue weighted by atomic mass is 10.0. The predicted molar refractivity (Wildman–Crippen MR) is 129 cm³/mol. The third-order valence-corrected chi connectivity index (χ3v) is 4.65. The van der Waals surface area contributed by atoms with E-state index in [0.29, 0.717) is 6.54 Å². The maximum Gasteiger partial charge on any atom is 0.407 e. The highest BCUT2D eigenvalue weighted by Gasteiger charge is 2.28. The zero-order chi connectivity index (χ0) is 21.2. The molecule has 1 rings (SSSR count). The van der Waals surface area contributed by atoms with Crippen molar-refractivity contribution < 1.29 is 14.3 Å². The standard InChI is InChI=1S/C20H41N5O3.HI/c1-8-9-16(24-18(26)28-19(2,3)4)14-22-17(21-7)23-15-20(5,6)25-10-12-27-13-11-25;/h16H,8-15H2,1-7H3,(H,24,26)(H2,21,22,23);1H. The average molecular weight is 527 g/mol. The molecule has 0 spiro atoms. The Morgan fingerprint density at radius 3 is 2.31 bits per heavy atom. The maximum atomic E-state index is 12.1. The molecule has 0 aromatic rings. The van der Waals surface area contributed by atoms with Crippen LogP contribution in [0, 0.1) is 0 Å². The van der Waals surface area contributed by atoms with Crippen LogP contribution in [0.5, 0.6) is 0 Å². The molecule has 0 aromatic heterocycles. The van der Waals surface area contributed by atoms with Gasteiger partial charge in [0.25, 0.3) is 0 Å². The summed E-state index contributed by atoms with van der Waals surface area (Å²) in [5, 5.41) is 9.68. The number of morpholine rings is 1. The summed E-state index contributed by atoms with van der Waals surface area (Å²) < 4.78 is 10.8. The molecule has 0 saturated carbocycles. The summed E-state index contributed by atoms with van der Waals surface area (Å²) in [6.45, 7) is 16.9. The number of carbonyl (C=O) groups is 1. The molecule has 9 heteroatoms. The number of hydrogen-bond donors (Lipinski definition) is 3. The fourth-order valence-electron chi connectivity index (χ4n) is 3.07. The fraction of sp³-hybridized carbons (Fsp3) is 0.900. The van der Waals surface area contributed by atoms with E-state index in [1.807, 2.05) is 20.8 Å². The molecular formula is C20H42IN5O3. The first-order valence-electron chi connectivity index (χ1n) is 10.3. The second-order valence-corrected chi connectivity index (χ2v) is 8.85. The van der Waals surface area contributed by atoms with Crippen molar-refractivity contribution in [1.82, 2.24) is 20.9 Å². The van der Waals surface area contributed by atoms with Crippen molar-refractivity contribution in [2.24, 2.45) is 4.99 Å². The number of nitrogens with zero attached hydrogens (tertiary/aromatic N) is 2. The average Bonchev–Trinajstić information content (AvgIpc) is 2.61. The minimum absolute atomic E-state index is 0.